The van der Waals surface area contributed by atoms with Crippen LogP contribution in [0.25, 0.3) is 0 Å². The molecule has 5 heteroatoms. The second-order valence-electron chi connectivity index (χ2n) is 4.36. The van der Waals surface area contributed by atoms with E-state index < -0.39 is 0 Å². The lowest BCUT2D eigenvalue weighted by atomic mass is 10.2. The van der Waals surface area contributed by atoms with Gasteiger partial charge in [-0.15, -0.1) is 11.6 Å². The van der Waals surface area contributed by atoms with Crippen LogP contribution in [-0.2, 0) is 7.05 Å². The normalized spacial score (nSPS) is 20.4. The first-order valence-electron chi connectivity index (χ1n) is 5.47. The van der Waals surface area contributed by atoms with Crippen LogP contribution in [0.5, 0.6) is 0 Å². The van der Waals surface area contributed by atoms with E-state index in [0.29, 0.717) is 17.4 Å². The molecule has 2 heterocycles. The second kappa shape index (κ2) is 4.45. The number of rotatable bonds is 2. The highest BCUT2D eigenvalue weighted by molar-refractivity contribution is 6.18. The van der Waals surface area contributed by atoms with E-state index in [9.17, 15) is 4.79 Å². The summed E-state index contributed by atoms with van der Waals surface area (Å²) < 4.78 is 1.68. The Kier molecular flexibility index (Phi) is 3.19. The van der Waals surface area contributed by atoms with Crippen LogP contribution < -0.4 is 0 Å². The van der Waals surface area contributed by atoms with E-state index in [1.54, 1.807) is 10.9 Å². The molecule has 1 aromatic rings. The molecule has 2 rings (SSSR count). The van der Waals surface area contributed by atoms with Gasteiger partial charge in [-0.3, -0.25) is 9.48 Å². The molecule has 4 nitrogen and oxygen atoms in total. The lowest BCUT2D eigenvalue weighted by Gasteiger charge is -2.15. The van der Waals surface area contributed by atoms with Crippen LogP contribution in [0.1, 0.15) is 22.5 Å². The fraction of sp³-hybridized carbons (Fsp3) is 0.636. The fourth-order valence-electron chi connectivity index (χ4n) is 2.12. The summed E-state index contributed by atoms with van der Waals surface area (Å²) in [5.41, 5.74) is 1.50. The number of halogens is 1. The Hall–Kier alpha value is -1.03. The highest BCUT2D eigenvalue weighted by atomic mass is 35.5. The maximum atomic E-state index is 12.2. The molecule has 88 valence electrons. The highest BCUT2D eigenvalue weighted by Crippen LogP contribution is 2.20. The molecule has 0 aromatic carbocycles. The molecule has 0 spiro atoms. The summed E-state index contributed by atoms with van der Waals surface area (Å²) in [6, 6.07) is 0. The zero-order valence-corrected chi connectivity index (χ0v) is 10.4. The second-order valence-corrected chi connectivity index (χ2v) is 4.67. The van der Waals surface area contributed by atoms with Crippen molar-refractivity contribution in [2.75, 3.05) is 19.0 Å². The van der Waals surface area contributed by atoms with Gasteiger partial charge in [0.25, 0.3) is 5.91 Å². The monoisotopic (exact) mass is 241 g/mol. The van der Waals surface area contributed by atoms with Gasteiger partial charge in [0.15, 0.2) is 0 Å². The van der Waals surface area contributed by atoms with Crippen LogP contribution in [0.2, 0.25) is 0 Å². The number of amides is 1. The van der Waals surface area contributed by atoms with Gasteiger partial charge in [-0.05, 0) is 19.3 Å². The van der Waals surface area contributed by atoms with Crippen LogP contribution in [0.4, 0.5) is 0 Å². The summed E-state index contributed by atoms with van der Waals surface area (Å²) >= 11 is 5.80. The van der Waals surface area contributed by atoms with Gasteiger partial charge in [-0.25, -0.2) is 0 Å². The smallest absolute Gasteiger partial charge is 0.257 e. The molecule has 1 aliphatic rings. The molecule has 1 unspecified atom stereocenters. The molecule has 0 aliphatic carbocycles. The van der Waals surface area contributed by atoms with Gasteiger partial charge < -0.3 is 4.90 Å². The van der Waals surface area contributed by atoms with E-state index in [1.807, 2.05) is 18.9 Å². The number of nitrogens with zero attached hydrogens (tertiary/aromatic N) is 3. The van der Waals surface area contributed by atoms with Crippen molar-refractivity contribution in [2.24, 2.45) is 13.0 Å². The van der Waals surface area contributed by atoms with Crippen molar-refractivity contribution in [3.63, 3.8) is 0 Å². The van der Waals surface area contributed by atoms with Gasteiger partial charge in [0, 0.05) is 32.2 Å². The molecule has 1 aromatic heterocycles. The number of aryl methyl sites for hydroxylation is 2. The average molecular weight is 242 g/mol. The number of alkyl halides is 1. The predicted molar refractivity (Wildman–Crippen MR) is 62.7 cm³/mol. The van der Waals surface area contributed by atoms with Gasteiger partial charge in [0.1, 0.15) is 0 Å². The van der Waals surface area contributed by atoms with Gasteiger partial charge in [0.05, 0.1) is 11.3 Å². The van der Waals surface area contributed by atoms with Crippen molar-refractivity contribution in [3.05, 3.63) is 17.5 Å². The molecule has 0 saturated carbocycles. The summed E-state index contributed by atoms with van der Waals surface area (Å²) in [6.07, 6.45) is 2.79. The van der Waals surface area contributed by atoms with Crippen LogP contribution in [0.15, 0.2) is 6.20 Å². The van der Waals surface area contributed by atoms with Crippen molar-refractivity contribution in [3.8, 4) is 0 Å². The Balaban J connectivity index is 2.11. The van der Waals surface area contributed by atoms with Gasteiger partial charge >= 0.3 is 0 Å². The molecule has 1 amide bonds. The summed E-state index contributed by atoms with van der Waals surface area (Å²) in [5, 5.41) is 4.19. The van der Waals surface area contributed by atoms with Crippen molar-refractivity contribution >= 4 is 17.5 Å². The minimum Gasteiger partial charge on any atom is -0.338 e. The number of likely N-dealkylation sites (tertiary alicyclic amines) is 1. The fourth-order valence-corrected chi connectivity index (χ4v) is 2.37. The number of carbonyl (C=O) groups excluding carboxylic acids is 1. The maximum absolute atomic E-state index is 12.2. The van der Waals surface area contributed by atoms with Crippen molar-refractivity contribution in [2.45, 2.75) is 13.3 Å². The van der Waals surface area contributed by atoms with E-state index in [-0.39, 0.29) is 5.91 Å². The molecule has 1 fully saturated rings. The minimum absolute atomic E-state index is 0.0817. The van der Waals surface area contributed by atoms with Crippen LogP contribution >= 0.6 is 11.6 Å². The van der Waals surface area contributed by atoms with Gasteiger partial charge in [-0.1, -0.05) is 0 Å². The lowest BCUT2D eigenvalue weighted by molar-refractivity contribution is 0.0787. The Morgan fingerprint density at radius 1 is 1.69 bits per heavy atom. The SMILES string of the molecule is Cc1nn(C)cc1C(=O)N1CCC(CCl)C1. The first-order chi connectivity index (χ1) is 7.61. The summed E-state index contributed by atoms with van der Waals surface area (Å²) in [5.74, 6) is 1.16. The van der Waals surface area contributed by atoms with E-state index in [0.717, 1.165) is 25.2 Å². The molecule has 1 aliphatic heterocycles. The van der Waals surface area contributed by atoms with Crippen LogP contribution in [-0.4, -0.2) is 39.6 Å². The Morgan fingerprint density at radius 3 is 2.94 bits per heavy atom. The molecule has 1 atom stereocenters. The Morgan fingerprint density at radius 2 is 2.44 bits per heavy atom. The first kappa shape index (κ1) is 11.5. The maximum Gasteiger partial charge on any atom is 0.257 e. The van der Waals surface area contributed by atoms with E-state index in [4.69, 9.17) is 11.6 Å². The predicted octanol–water partition coefficient (Wildman–Crippen LogP) is 1.43. The topological polar surface area (TPSA) is 38.1 Å². The molecule has 0 radical (unpaired) electrons. The Bertz CT molecular complexity index is 402. The molecular formula is C11H16ClN3O. The molecule has 1 saturated heterocycles. The molecular weight excluding hydrogens is 226 g/mol. The largest absolute Gasteiger partial charge is 0.338 e. The van der Waals surface area contributed by atoms with Crippen molar-refractivity contribution < 1.29 is 4.79 Å². The van der Waals surface area contributed by atoms with Crippen molar-refractivity contribution in [1.82, 2.24) is 14.7 Å². The van der Waals surface area contributed by atoms with E-state index in [2.05, 4.69) is 5.10 Å². The third-order valence-corrected chi connectivity index (χ3v) is 3.47. The zero-order valence-electron chi connectivity index (χ0n) is 9.61. The van der Waals surface area contributed by atoms with Crippen LogP contribution in [0.3, 0.4) is 0 Å². The lowest BCUT2D eigenvalue weighted by Crippen LogP contribution is -2.29. The standard InChI is InChI=1S/C11H16ClN3O/c1-8-10(7-14(2)13-8)11(16)15-4-3-9(5-12)6-15/h7,9H,3-6H2,1-2H3. The molecule has 0 bridgehead atoms. The zero-order chi connectivity index (χ0) is 11.7. The van der Waals surface area contributed by atoms with E-state index in [1.165, 1.54) is 0 Å². The quantitative estimate of drug-likeness (QED) is 0.735. The third kappa shape index (κ3) is 2.07. The van der Waals surface area contributed by atoms with Crippen LogP contribution in [0, 0.1) is 12.8 Å². The number of hydrogen-bond donors (Lipinski definition) is 0. The van der Waals surface area contributed by atoms with Crippen molar-refractivity contribution in [1.29, 1.82) is 0 Å². The van der Waals surface area contributed by atoms with Gasteiger partial charge in [0.2, 0.25) is 0 Å². The number of hydrogen-bond acceptors (Lipinski definition) is 2. The number of carbonyl (C=O) groups is 1. The van der Waals surface area contributed by atoms with Gasteiger partial charge in [-0.2, -0.15) is 5.10 Å². The molecule has 0 N–H and O–H groups in total. The summed E-state index contributed by atoms with van der Waals surface area (Å²) in [6.45, 7) is 3.45. The number of aromatic nitrogens is 2. The minimum atomic E-state index is 0.0817. The summed E-state index contributed by atoms with van der Waals surface area (Å²) in [7, 11) is 1.83. The average Bonchev–Trinajstić information content (AvgIpc) is 2.84. The third-order valence-electron chi connectivity index (χ3n) is 3.04. The highest BCUT2D eigenvalue weighted by Gasteiger charge is 2.27. The Labute approximate surface area is 100 Å². The van der Waals surface area contributed by atoms with E-state index >= 15 is 0 Å². The first-order valence-corrected chi connectivity index (χ1v) is 6.00. The molecule has 16 heavy (non-hydrogen) atoms. The summed E-state index contributed by atoms with van der Waals surface area (Å²) in [4.78, 5) is 14.0.